The van der Waals surface area contributed by atoms with Crippen molar-refractivity contribution in [1.82, 2.24) is 5.32 Å². The molecule has 51 heavy (non-hydrogen) atoms. The molecular formula is C41H36ClN3O5S. The summed E-state index contributed by atoms with van der Waals surface area (Å²) in [5, 5.41) is 8.32. The van der Waals surface area contributed by atoms with Crippen molar-refractivity contribution >= 4 is 64.5 Å². The normalized spacial score (nSPS) is 11.6. The number of nitrogens with one attached hydrogen (secondary N) is 3. The molecule has 0 bridgehead atoms. The fraction of sp³-hybridized carbons (Fsp3) is 0.122. The Labute approximate surface area is 306 Å². The number of hydrogen-bond acceptors (Lipinski definition) is 6. The van der Waals surface area contributed by atoms with Gasteiger partial charge in [-0.2, -0.15) is 0 Å². The number of halogens is 1. The summed E-state index contributed by atoms with van der Waals surface area (Å²) < 4.78 is 5.28. The SMILES string of the molecule is CCCCOC(=O)c1ccc(NC(=O)C(Sc2cccc(NC(=O)/C(=C\c3ccccc3Cl)NC(=O)c3ccccc3)c2)c2ccccc2)cc1. The molecule has 5 aromatic rings. The van der Waals surface area contributed by atoms with Gasteiger partial charge in [-0.1, -0.05) is 97.7 Å². The van der Waals surface area contributed by atoms with Crippen LogP contribution >= 0.6 is 23.4 Å². The Morgan fingerprint density at radius 1 is 0.745 bits per heavy atom. The van der Waals surface area contributed by atoms with Gasteiger partial charge in [0.2, 0.25) is 5.91 Å². The Balaban J connectivity index is 1.33. The zero-order valence-corrected chi connectivity index (χ0v) is 29.4. The summed E-state index contributed by atoms with van der Waals surface area (Å²) in [4.78, 5) is 53.5. The van der Waals surface area contributed by atoms with Crippen LogP contribution in [0.5, 0.6) is 0 Å². The van der Waals surface area contributed by atoms with E-state index in [9.17, 15) is 19.2 Å². The zero-order valence-electron chi connectivity index (χ0n) is 27.8. The van der Waals surface area contributed by atoms with Crippen LogP contribution in [0.2, 0.25) is 5.02 Å². The van der Waals surface area contributed by atoms with E-state index in [-0.39, 0.29) is 11.6 Å². The van der Waals surface area contributed by atoms with Crippen LogP contribution in [-0.2, 0) is 14.3 Å². The topological polar surface area (TPSA) is 114 Å². The van der Waals surface area contributed by atoms with E-state index in [1.807, 2.05) is 43.3 Å². The lowest BCUT2D eigenvalue weighted by Gasteiger charge is -2.18. The van der Waals surface area contributed by atoms with Gasteiger partial charge in [-0.3, -0.25) is 14.4 Å². The summed E-state index contributed by atoms with van der Waals surface area (Å²) in [5.74, 6) is -1.69. The summed E-state index contributed by atoms with van der Waals surface area (Å²) in [6.07, 6.45) is 3.24. The van der Waals surface area contributed by atoms with E-state index in [1.54, 1.807) is 97.1 Å². The molecule has 10 heteroatoms. The number of thioether (sulfide) groups is 1. The summed E-state index contributed by atoms with van der Waals surface area (Å²) in [5.41, 5.74) is 3.11. The van der Waals surface area contributed by atoms with E-state index >= 15 is 0 Å². The van der Waals surface area contributed by atoms with Gasteiger partial charge in [0.15, 0.2) is 0 Å². The Kier molecular flexibility index (Phi) is 13.2. The van der Waals surface area contributed by atoms with Crippen molar-refractivity contribution in [2.75, 3.05) is 17.2 Å². The molecule has 0 fully saturated rings. The van der Waals surface area contributed by atoms with Crippen LogP contribution in [-0.4, -0.2) is 30.3 Å². The first kappa shape index (κ1) is 36.6. The molecule has 1 unspecified atom stereocenters. The van der Waals surface area contributed by atoms with Crippen molar-refractivity contribution in [1.29, 1.82) is 0 Å². The number of ether oxygens (including phenoxy) is 1. The predicted molar refractivity (Wildman–Crippen MR) is 204 cm³/mol. The number of benzene rings is 5. The van der Waals surface area contributed by atoms with Crippen molar-refractivity contribution in [3.05, 3.63) is 166 Å². The van der Waals surface area contributed by atoms with Crippen LogP contribution in [0, 0.1) is 0 Å². The minimum absolute atomic E-state index is 0.00297. The number of unbranched alkanes of at least 4 members (excludes halogenated alkanes) is 1. The second-order valence-corrected chi connectivity index (χ2v) is 12.9. The second kappa shape index (κ2) is 18.4. The molecule has 0 radical (unpaired) electrons. The van der Waals surface area contributed by atoms with Gasteiger partial charge >= 0.3 is 5.97 Å². The number of carbonyl (C=O) groups is 4. The molecule has 5 aromatic carbocycles. The van der Waals surface area contributed by atoms with E-state index < -0.39 is 23.0 Å². The Hall–Kier alpha value is -5.64. The summed E-state index contributed by atoms with van der Waals surface area (Å²) in [6, 6.07) is 38.6. The predicted octanol–water partition coefficient (Wildman–Crippen LogP) is 9.18. The summed E-state index contributed by atoms with van der Waals surface area (Å²) in [7, 11) is 0. The third kappa shape index (κ3) is 10.7. The molecule has 0 heterocycles. The number of rotatable bonds is 14. The highest BCUT2D eigenvalue weighted by Crippen LogP contribution is 2.37. The molecule has 0 aromatic heterocycles. The minimum Gasteiger partial charge on any atom is -0.462 e. The van der Waals surface area contributed by atoms with Gasteiger partial charge in [0.25, 0.3) is 11.8 Å². The molecule has 0 aliphatic carbocycles. The van der Waals surface area contributed by atoms with E-state index in [0.717, 1.165) is 18.4 Å². The number of amides is 3. The van der Waals surface area contributed by atoms with Gasteiger partial charge in [-0.05, 0) is 84.3 Å². The van der Waals surface area contributed by atoms with Gasteiger partial charge in [0, 0.05) is 26.9 Å². The van der Waals surface area contributed by atoms with Gasteiger partial charge in [0.1, 0.15) is 10.9 Å². The van der Waals surface area contributed by atoms with E-state index in [4.69, 9.17) is 16.3 Å². The van der Waals surface area contributed by atoms with Crippen LogP contribution in [0.15, 0.2) is 144 Å². The molecular weight excluding hydrogens is 682 g/mol. The first-order valence-electron chi connectivity index (χ1n) is 16.3. The Morgan fingerprint density at radius 3 is 2.14 bits per heavy atom. The minimum atomic E-state index is -0.656. The van der Waals surface area contributed by atoms with Gasteiger partial charge in [0.05, 0.1) is 12.2 Å². The van der Waals surface area contributed by atoms with Crippen molar-refractivity contribution in [2.24, 2.45) is 0 Å². The summed E-state index contributed by atoms with van der Waals surface area (Å²) in [6.45, 7) is 2.38. The van der Waals surface area contributed by atoms with Crippen LogP contribution in [0.25, 0.3) is 6.08 Å². The molecule has 0 aliphatic heterocycles. The lowest BCUT2D eigenvalue weighted by molar-refractivity contribution is -0.116. The molecule has 0 saturated heterocycles. The smallest absolute Gasteiger partial charge is 0.338 e. The maximum atomic E-state index is 13.7. The monoisotopic (exact) mass is 717 g/mol. The third-order valence-electron chi connectivity index (χ3n) is 7.54. The first-order chi connectivity index (χ1) is 24.8. The maximum absolute atomic E-state index is 13.7. The molecule has 258 valence electrons. The average molecular weight is 718 g/mol. The third-order valence-corrected chi connectivity index (χ3v) is 9.13. The molecule has 0 saturated carbocycles. The standard InChI is InChI=1S/C41H36ClN3O5S/c1-2-3-25-50-41(49)30-21-23-32(24-22-30)43-40(48)37(28-13-6-4-7-14-28)51-34-19-12-18-33(27-34)44-39(47)36(26-31-17-10-11-20-35(31)42)45-38(46)29-15-8-5-9-16-29/h4-24,26-27,37H,2-3,25H2,1H3,(H,43,48)(H,44,47)(H,45,46)/b36-26+. The second-order valence-electron chi connectivity index (χ2n) is 11.3. The lowest BCUT2D eigenvalue weighted by Crippen LogP contribution is -2.30. The van der Waals surface area contributed by atoms with Crippen LogP contribution in [0.4, 0.5) is 11.4 Å². The highest BCUT2D eigenvalue weighted by molar-refractivity contribution is 8.00. The number of carbonyl (C=O) groups excluding carboxylic acids is 4. The maximum Gasteiger partial charge on any atom is 0.338 e. The molecule has 3 N–H and O–H groups in total. The van der Waals surface area contributed by atoms with Crippen molar-refractivity contribution in [3.8, 4) is 0 Å². The average Bonchev–Trinajstić information content (AvgIpc) is 3.15. The van der Waals surface area contributed by atoms with E-state index in [2.05, 4.69) is 16.0 Å². The van der Waals surface area contributed by atoms with Crippen LogP contribution < -0.4 is 16.0 Å². The van der Waals surface area contributed by atoms with E-state index in [1.165, 1.54) is 17.8 Å². The highest BCUT2D eigenvalue weighted by Gasteiger charge is 2.23. The largest absolute Gasteiger partial charge is 0.462 e. The number of esters is 1. The van der Waals surface area contributed by atoms with E-state index in [0.29, 0.717) is 44.6 Å². The molecule has 8 nitrogen and oxygen atoms in total. The van der Waals surface area contributed by atoms with Crippen molar-refractivity contribution < 1.29 is 23.9 Å². The van der Waals surface area contributed by atoms with Gasteiger partial charge in [-0.15, -0.1) is 11.8 Å². The van der Waals surface area contributed by atoms with Crippen LogP contribution in [0.1, 0.15) is 56.9 Å². The van der Waals surface area contributed by atoms with Gasteiger partial charge < -0.3 is 20.7 Å². The molecule has 3 amide bonds. The zero-order chi connectivity index (χ0) is 36.0. The summed E-state index contributed by atoms with van der Waals surface area (Å²) >= 11 is 7.69. The Morgan fingerprint density at radius 2 is 1.43 bits per heavy atom. The number of anilines is 2. The van der Waals surface area contributed by atoms with Crippen molar-refractivity contribution in [2.45, 2.75) is 29.9 Å². The number of hydrogen-bond donors (Lipinski definition) is 3. The highest BCUT2D eigenvalue weighted by atomic mass is 35.5. The molecule has 1 atom stereocenters. The van der Waals surface area contributed by atoms with Crippen LogP contribution in [0.3, 0.4) is 0 Å². The molecule has 0 aliphatic rings. The molecule has 5 rings (SSSR count). The molecule has 0 spiro atoms. The first-order valence-corrected chi connectivity index (χ1v) is 17.6. The fourth-order valence-electron chi connectivity index (χ4n) is 4.86. The Bertz CT molecular complexity index is 2000. The van der Waals surface area contributed by atoms with Crippen molar-refractivity contribution in [3.63, 3.8) is 0 Å². The lowest BCUT2D eigenvalue weighted by atomic mass is 10.1. The van der Waals surface area contributed by atoms with Gasteiger partial charge in [-0.25, -0.2) is 4.79 Å². The fourth-order valence-corrected chi connectivity index (χ4v) is 6.14. The quantitative estimate of drug-likeness (QED) is 0.0457.